The third-order valence-electron chi connectivity index (χ3n) is 5.47. The smallest absolute Gasteiger partial charge is 0.210 e. The highest BCUT2D eigenvalue weighted by Gasteiger charge is 2.21. The molecule has 0 atom stereocenters. The Labute approximate surface area is 172 Å². The van der Waals surface area contributed by atoms with E-state index in [4.69, 9.17) is 4.74 Å². The minimum Gasteiger partial charge on any atom is -0.493 e. The summed E-state index contributed by atoms with van der Waals surface area (Å²) < 4.78 is 24.1. The number of anilines is 1. The summed E-state index contributed by atoms with van der Waals surface area (Å²) in [6.07, 6.45) is 9.46. The Balaban J connectivity index is 1.43. The van der Waals surface area contributed by atoms with Gasteiger partial charge in [-0.05, 0) is 30.4 Å². The lowest BCUT2D eigenvalue weighted by Gasteiger charge is -2.23. The molecule has 0 radical (unpaired) electrons. The first kappa shape index (κ1) is 18.4. The molecule has 0 fully saturated rings. The van der Waals surface area contributed by atoms with E-state index < -0.39 is 0 Å². The number of hydrogen-bond acceptors (Lipinski definition) is 7. The van der Waals surface area contributed by atoms with Gasteiger partial charge in [-0.3, -0.25) is 4.40 Å². The van der Waals surface area contributed by atoms with Gasteiger partial charge in [0.15, 0.2) is 5.65 Å². The molecule has 0 aliphatic carbocycles. The molecule has 9 heteroatoms. The molecule has 0 saturated carbocycles. The van der Waals surface area contributed by atoms with Crippen molar-refractivity contribution < 1.29 is 9.13 Å². The standard InChI is InChI=1S/C20H21FN6OS/c1-29-26-7-4-13(5-8-26)15-10-22-20(27-12-24-25-19(15)27)23-11-16-14-6-9-28-18(14)3-2-17(16)21/h2-4,10,12H,5-9,11H2,1H3,(H,22,23). The first-order chi connectivity index (χ1) is 14.2. The van der Waals surface area contributed by atoms with Gasteiger partial charge >= 0.3 is 0 Å². The second-order valence-electron chi connectivity index (χ2n) is 7.02. The van der Waals surface area contributed by atoms with E-state index in [1.807, 2.05) is 10.6 Å². The van der Waals surface area contributed by atoms with Crippen LogP contribution in [0.5, 0.6) is 5.75 Å². The van der Waals surface area contributed by atoms with E-state index in [0.717, 1.165) is 48.5 Å². The summed E-state index contributed by atoms with van der Waals surface area (Å²) >= 11 is 1.76. The molecular formula is C20H21FN6OS. The van der Waals surface area contributed by atoms with Crippen molar-refractivity contribution in [3.8, 4) is 5.75 Å². The van der Waals surface area contributed by atoms with Gasteiger partial charge in [-0.25, -0.2) is 13.7 Å². The average Bonchev–Trinajstić information content (AvgIpc) is 3.43. The Bertz CT molecular complexity index is 1100. The number of rotatable bonds is 5. The first-order valence-electron chi connectivity index (χ1n) is 9.58. The summed E-state index contributed by atoms with van der Waals surface area (Å²) in [5.41, 5.74) is 4.54. The summed E-state index contributed by atoms with van der Waals surface area (Å²) in [5, 5.41) is 11.6. The highest BCUT2D eigenvalue weighted by molar-refractivity contribution is 7.96. The molecule has 1 N–H and O–H groups in total. The second kappa shape index (κ2) is 7.64. The van der Waals surface area contributed by atoms with Crippen molar-refractivity contribution >= 4 is 29.1 Å². The Kier molecular flexibility index (Phi) is 4.84. The van der Waals surface area contributed by atoms with Crippen molar-refractivity contribution in [1.82, 2.24) is 23.9 Å². The maximum atomic E-state index is 14.4. The number of hydrogen-bond donors (Lipinski definition) is 1. The normalized spacial score (nSPS) is 16.6. The molecule has 7 nitrogen and oxygen atoms in total. The maximum Gasteiger partial charge on any atom is 0.210 e. The van der Waals surface area contributed by atoms with Gasteiger partial charge in [0.25, 0.3) is 0 Å². The minimum atomic E-state index is -0.232. The van der Waals surface area contributed by atoms with E-state index in [1.165, 1.54) is 11.6 Å². The van der Waals surface area contributed by atoms with Crippen LogP contribution in [0.15, 0.2) is 30.7 Å². The lowest BCUT2D eigenvalue weighted by molar-refractivity contribution is 0.356. The molecular weight excluding hydrogens is 391 g/mol. The maximum absolute atomic E-state index is 14.4. The zero-order valence-electron chi connectivity index (χ0n) is 16.1. The van der Waals surface area contributed by atoms with Crippen LogP contribution in [0.2, 0.25) is 0 Å². The van der Waals surface area contributed by atoms with Crippen LogP contribution in [-0.2, 0) is 13.0 Å². The molecule has 0 spiro atoms. The third kappa shape index (κ3) is 3.34. The average molecular weight is 412 g/mol. The molecule has 3 aromatic rings. The molecule has 0 unspecified atom stereocenters. The molecule has 0 saturated heterocycles. The van der Waals surface area contributed by atoms with Crippen LogP contribution >= 0.6 is 11.9 Å². The Morgan fingerprint density at radius 3 is 3.07 bits per heavy atom. The number of nitrogens with zero attached hydrogens (tertiary/aromatic N) is 5. The molecule has 2 aliphatic rings. The van der Waals surface area contributed by atoms with Gasteiger partial charge in [0.05, 0.1) is 6.61 Å². The molecule has 150 valence electrons. The molecule has 0 amide bonds. The lowest BCUT2D eigenvalue weighted by Crippen LogP contribution is -2.21. The quantitative estimate of drug-likeness (QED) is 0.646. The summed E-state index contributed by atoms with van der Waals surface area (Å²) in [5.74, 6) is 1.13. The highest BCUT2D eigenvalue weighted by atomic mass is 32.2. The van der Waals surface area contributed by atoms with E-state index in [1.54, 1.807) is 24.3 Å². The van der Waals surface area contributed by atoms with Crippen LogP contribution in [-0.4, -0.2) is 49.8 Å². The fraction of sp³-hybridized carbons (Fsp3) is 0.350. The Morgan fingerprint density at radius 2 is 2.24 bits per heavy atom. The molecule has 29 heavy (non-hydrogen) atoms. The summed E-state index contributed by atoms with van der Waals surface area (Å²) in [7, 11) is 0. The van der Waals surface area contributed by atoms with Crippen molar-refractivity contribution in [3.63, 3.8) is 0 Å². The van der Waals surface area contributed by atoms with E-state index in [2.05, 4.69) is 37.1 Å². The van der Waals surface area contributed by atoms with E-state index in [9.17, 15) is 4.39 Å². The zero-order chi connectivity index (χ0) is 19.8. The topological polar surface area (TPSA) is 67.6 Å². The van der Waals surface area contributed by atoms with Gasteiger partial charge in [-0.15, -0.1) is 10.2 Å². The van der Waals surface area contributed by atoms with E-state index >= 15 is 0 Å². The van der Waals surface area contributed by atoms with Crippen molar-refractivity contribution in [1.29, 1.82) is 0 Å². The molecule has 1 aromatic carbocycles. The van der Waals surface area contributed by atoms with Gasteiger partial charge in [-0.1, -0.05) is 18.0 Å². The fourth-order valence-electron chi connectivity index (χ4n) is 3.91. The Hall–Kier alpha value is -2.65. The number of aromatic nitrogens is 4. The van der Waals surface area contributed by atoms with Crippen molar-refractivity contribution in [3.05, 3.63) is 53.2 Å². The van der Waals surface area contributed by atoms with Gasteiger partial charge < -0.3 is 10.1 Å². The molecule has 5 rings (SSSR count). The molecule has 4 heterocycles. The SMILES string of the molecule is CSN1CC=C(c2cnc(NCc3c(F)ccc4c3CCO4)n3cnnc23)CC1. The number of nitrogens with one attached hydrogen (secondary N) is 1. The highest BCUT2D eigenvalue weighted by Crippen LogP contribution is 2.31. The van der Waals surface area contributed by atoms with Crippen LogP contribution in [0, 0.1) is 5.82 Å². The number of halogens is 1. The summed E-state index contributed by atoms with van der Waals surface area (Å²) in [6.45, 7) is 2.81. The van der Waals surface area contributed by atoms with Gasteiger partial charge in [0, 0.05) is 48.9 Å². The molecule has 2 aliphatic heterocycles. The monoisotopic (exact) mass is 412 g/mol. The number of ether oxygens (including phenoxy) is 1. The van der Waals surface area contributed by atoms with Crippen LogP contribution in [0.4, 0.5) is 10.3 Å². The van der Waals surface area contributed by atoms with Crippen molar-refractivity contribution in [2.24, 2.45) is 0 Å². The number of fused-ring (bicyclic) bond motifs is 2. The van der Waals surface area contributed by atoms with Crippen molar-refractivity contribution in [2.75, 3.05) is 31.3 Å². The van der Waals surface area contributed by atoms with Crippen LogP contribution in [0.3, 0.4) is 0 Å². The van der Waals surface area contributed by atoms with Crippen LogP contribution in [0.25, 0.3) is 11.2 Å². The van der Waals surface area contributed by atoms with Gasteiger partial charge in [0.1, 0.15) is 17.9 Å². The van der Waals surface area contributed by atoms with Crippen molar-refractivity contribution in [2.45, 2.75) is 19.4 Å². The number of benzene rings is 1. The fourth-order valence-corrected chi connectivity index (χ4v) is 4.41. The second-order valence-corrected chi connectivity index (χ2v) is 7.91. The van der Waals surface area contributed by atoms with E-state index in [-0.39, 0.29) is 5.82 Å². The predicted octanol–water partition coefficient (Wildman–Crippen LogP) is 3.18. The minimum absolute atomic E-state index is 0.232. The Morgan fingerprint density at radius 1 is 1.31 bits per heavy atom. The van der Waals surface area contributed by atoms with Gasteiger partial charge in [0.2, 0.25) is 5.95 Å². The van der Waals surface area contributed by atoms with E-state index in [0.29, 0.717) is 24.7 Å². The first-order valence-corrected chi connectivity index (χ1v) is 10.8. The van der Waals surface area contributed by atoms with Gasteiger partial charge in [-0.2, -0.15) is 0 Å². The zero-order valence-corrected chi connectivity index (χ0v) is 16.9. The lowest BCUT2D eigenvalue weighted by atomic mass is 10.0. The summed E-state index contributed by atoms with van der Waals surface area (Å²) in [4.78, 5) is 4.59. The summed E-state index contributed by atoms with van der Waals surface area (Å²) in [6, 6.07) is 3.15. The molecule has 2 aromatic heterocycles. The van der Waals surface area contributed by atoms with Crippen LogP contribution in [0.1, 0.15) is 23.1 Å². The third-order valence-corrected chi connectivity index (χ3v) is 6.32. The van der Waals surface area contributed by atoms with Crippen LogP contribution < -0.4 is 10.1 Å². The predicted molar refractivity (Wildman–Crippen MR) is 111 cm³/mol. The largest absolute Gasteiger partial charge is 0.493 e. The molecule has 0 bridgehead atoms.